The van der Waals surface area contributed by atoms with Crippen molar-refractivity contribution in [2.45, 2.75) is 17.9 Å². The fourth-order valence-electron chi connectivity index (χ4n) is 1.01. The van der Waals surface area contributed by atoms with E-state index in [1.165, 1.54) is 0 Å². The molecule has 0 aliphatic carbocycles. The molecule has 0 aliphatic rings. The maximum atomic E-state index is 13.1. The second-order valence-electron chi connectivity index (χ2n) is 2.94. The molecule has 0 saturated heterocycles. The molecule has 1 rings (SSSR count). The number of hydrogen-bond acceptors (Lipinski definition) is 2. The molecule has 1 aromatic heterocycles. The smallest absolute Gasteiger partial charge is 0.403 e. The quantitative estimate of drug-likeness (QED) is 0.598. The molecule has 0 radical (unpaired) electrons. The Balaban J connectivity index is 3.35. The van der Waals surface area contributed by atoms with Crippen LogP contribution in [0.1, 0.15) is 11.4 Å². The fourth-order valence-corrected chi connectivity index (χ4v) is 1.40. The number of aromatic nitrogens is 1. The third-order valence-electron chi connectivity index (χ3n) is 1.63. The summed E-state index contributed by atoms with van der Waals surface area (Å²) in [6.07, 6.45) is -10.6. The molecule has 0 fully saturated rings. The maximum absolute atomic E-state index is 13.1. The van der Waals surface area contributed by atoms with E-state index >= 15 is 0 Å². The van der Waals surface area contributed by atoms with Crippen LogP contribution in [0.4, 0.5) is 30.7 Å². The molecule has 2 nitrogen and oxygen atoms in total. The van der Waals surface area contributed by atoms with E-state index in [2.05, 4.69) is 25.7 Å². The van der Waals surface area contributed by atoms with E-state index in [-0.39, 0.29) is 11.4 Å². The third-order valence-corrected chi connectivity index (χ3v) is 2.17. The number of hydrogen-bond donors (Lipinski definition) is 0. The molecule has 18 heavy (non-hydrogen) atoms. The van der Waals surface area contributed by atoms with Gasteiger partial charge in [-0.05, 0) is 0 Å². The van der Waals surface area contributed by atoms with Crippen molar-refractivity contribution < 1.29 is 35.5 Å². The lowest BCUT2D eigenvalue weighted by Crippen LogP contribution is -2.21. The summed E-state index contributed by atoms with van der Waals surface area (Å²) >= 11 is 2.66. The van der Waals surface area contributed by atoms with Gasteiger partial charge in [-0.2, -0.15) is 13.2 Å². The summed E-state index contributed by atoms with van der Waals surface area (Å²) < 4.78 is 89.1. The van der Waals surface area contributed by atoms with Gasteiger partial charge in [0.1, 0.15) is 5.82 Å². The second kappa shape index (κ2) is 4.90. The van der Waals surface area contributed by atoms with Crippen LogP contribution in [0.2, 0.25) is 0 Å². The first kappa shape index (κ1) is 15.0. The van der Waals surface area contributed by atoms with Crippen molar-refractivity contribution in [2.24, 2.45) is 0 Å². The molecule has 0 saturated carbocycles. The molecule has 1 aromatic rings. The SMILES string of the molecule is Fc1cc(OC(F)(F)F)c(C(F)(F)F)nc1CBr. The number of rotatable bonds is 2. The number of nitrogens with zero attached hydrogens (tertiary/aromatic N) is 1. The monoisotopic (exact) mass is 341 g/mol. The molecule has 0 aliphatic heterocycles. The summed E-state index contributed by atoms with van der Waals surface area (Å²) in [6, 6.07) is -0.0000926. The average molecular weight is 342 g/mol. The fraction of sp³-hybridized carbons (Fsp3) is 0.375. The Morgan fingerprint density at radius 1 is 1.17 bits per heavy atom. The zero-order valence-electron chi connectivity index (χ0n) is 8.16. The second-order valence-corrected chi connectivity index (χ2v) is 3.50. The van der Waals surface area contributed by atoms with Gasteiger partial charge in [-0.25, -0.2) is 9.37 Å². The van der Waals surface area contributed by atoms with Crippen LogP contribution in [0.15, 0.2) is 6.07 Å². The molecule has 0 amide bonds. The number of ether oxygens (including phenoxy) is 1. The van der Waals surface area contributed by atoms with Crippen LogP contribution in [0.5, 0.6) is 5.75 Å². The predicted molar refractivity (Wildman–Crippen MR) is 48.5 cm³/mol. The molecular formula is C8H3BrF7NO. The van der Waals surface area contributed by atoms with Gasteiger partial charge in [0, 0.05) is 11.4 Å². The largest absolute Gasteiger partial charge is 0.573 e. The van der Waals surface area contributed by atoms with Crippen LogP contribution in [-0.2, 0) is 11.5 Å². The summed E-state index contributed by atoms with van der Waals surface area (Å²) in [6.45, 7) is 0. The zero-order valence-corrected chi connectivity index (χ0v) is 9.75. The summed E-state index contributed by atoms with van der Waals surface area (Å²) in [5.41, 5.74) is -2.60. The lowest BCUT2D eigenvalue weighted by Gasteiger charge is -2.15. The van der Waals surface area contributed by atoms with Gasteiger partial charge in [0.2, 0.25) is 0 Å². The van der Waals surface area contributed by atoms with E-state index < -0.39 is 35.5 Å². The number of alkyl halides is 7. The standard InChI is InChI=1S/C8H3BrF7NO/c9-2-4-3(10)1-5(18-8(14,15)16)6(17-4)7(11,12)13/h1H,2H2. The van der Waals surface area contributed by atoms with Crippen LogP contribution in [-0.4, -0.2) is 11.3 Å². The highest BCUT2D eigenvalue weighted by Gasteiger charge is 2.41. The Kier molecular flexibility index (Phi) is 4.08. The molecule has 0 aromatic carbocycles. The van der Waals surface area contributed by atoms with Gasteiger partial charge >= 0.3 is 12.5 Å². The van der Waals surface area contributed by atoms with Crippen molar-refractivity contribution in [3.8, 4) is 5.75 Å². The van der Waals surface area contributed by atoms with Crippen molar-refractivity contribution in [3.63, 3.8) is 0 Å². The topological polar surface area (TPSA) is 22.1 Å². The van der Waals surface area contributed by atoms with E-state index in [0.717, 1.165) is 0 Å². The van der Waals surface area contributed by atoms with E-state index in [1.807, 2.05) is 0 Å². The molecule has 0 atom stereocenters. The van der Waals surface area contributed by atoms with E-state index in [9.17, 15) is 30.7 Å². The van der Waals surface area contributed by atoms with Gasteiger partial charge in [-0.15, -0.1) is 13.2 Å². The molecule has 0 bridgehead atoms. The first-order valence-electron chi connectivity index (χ1n) is 4.13. The Hall–Kier alpha value is -1.06. The highest BCUT2D eigenvalue weighted by molar-refractivity contribution is 9.08. The van der Waals surface area contributed by atoms with E-state index in [0.29, 0.717) is 0 Å². The minimum atomic E-state index is -5.37. The minimum Gasteiger partial charge on any atom is -0.403 e. The van der Waals surface area contributed by atoms with Gasteiger partial charge in [-0.3, -0.25) is 0 Å². The van der Waals surface area contributed by atoms with Crippen molar-refractivity contribution >= 4 is 15.9 Å². The van der Waals surface area contributed by atoms with Crippen molar-refractivity contribution in [1.82, 2.24) is 4.98 Å². The highest BCUT2D eigenvalue weighted by atomic mass is 79.9. The van der Waals surface area contributed by atoms with E-state index in [1.54, 1.807) is 0 Å². The first-order valence-corrected chi connectivity index (χ1v) is 5.25. The first-order chi connectivity index (χ1) is 8.04. The Bertz CT molecular complexity index is 442. The van der Waals surface area contributed by atoms with Crippen LogP contribution in [0, 0.1) is 5.82 Å². The average Bonchev–Trinajstić information content (AvgIpc) is 2.13. The zero-order chi connectivity index (χ0) is 14.1. The summed E-state index contributed by atoms with van der Waals surface area (Å²) in [5, 5.41) is -0.381. The Morgan fingerprint density at radius 2 is 1.72 bits per heavy atom. The molecule has 0 spiro atoms. The molecule has 102 valence electrons. The maximum Gasteiger partial charge on any atom is 0.573 e. The number of halogens is 8. The van der Waals surface area contributed by atoms with Gasteiger partial charge in [-0.1, -0.05) is 15.9 Å². The normalized spacial score (nSPS) is 12.7. The van der Waals surface area contributed by atoms with Crippen LogP contribution in [0.25, 0.3) is 0 Å². The van der Waals surface area contributed by atoms with Crippen molar-refractivity contribution in [3.05, 3.63) is 23.3 Å². The van der Waals surface area contributed by atoms with Crippen molar-refractivity contribution in [1.29, 1.82) is 0 Å². The van der Waals surface area contributed by atoms with Gasteiger partial charge in [0.15, 0.2) is 11.4 Å². The number of pyridine rings is 1. The molecule has 0 N–H and O–H groups in total. The van der Waals surface area contributed by atoms with Crippen LogP contribution in [0.3, 0.4) is 0 Å². The highest BCUT2D eigenvalue weighted by Crippen LogP contribution is 2.38. The molecule has 10 heteroatoms. The summed E-state index contributed by atoms with van der Waals surface area (Å²) in [4.78, 5) is 2.77. The van der Waals surface area contributed by atoms with Crippen LogP contribution >= 0.6 is 15.9 Å². The molecular weight excluding hydrogens is 339 g/mol. The Morgan fingerprint density at radius 3 is 2.11 bits per heavy atom. The van der Waals surface area contributed by atoms with Gasteiger partial charge in [0.25, 0.3) is 0 Å². The molecule has 0 unspecified atom stereocenters. The third kappa shape index (κ3) is 3.72. The summed E-state index contributed by atoms with van der Waals surface area (Å²) in [7, 11) is 0. The van der Waals surface area contributed by atoms with Gasteiger partial charge in [0.05, 0.1) is 5.69 Å². The van der Waals surface area contributed by atoms with Crippen LogP contribution < -0.4 is 4.74 Å². The predicted octanol–water partition coefficient (Wildman–Crippen LogP) is 4.03. The summed E-state index contributed by atoms with van der Waals surface area (Å²) in [5.74, 6) is -3.06. The molecule has 1 heterocycles. The van der Waals surface area contributed by atoms with E-state index in [4.69, 9.17) is 0 Å². The van der Waals surface area contributed by atoms with Gasteiger partial charge < -0.3 is 4.74 Å². The lowest BCUT2D eigenvalue weighted by molar-refractivity contribution is -0.276. The van der Waals surface area contributed by atoms with Crippen molar-refractivity contribution in [2.75, 3.05) is 0 Å². The lowest BCUT2D eigenvalue weighted by atomic mass is 10.2. The minimum absolute atomic E-state index is 0.0000926. The Labute approximate surface area is 104 Å².